The molecule has 0 aromatic heterocycles. The summed E-state index contributed by atoms with van der Waals surface area (Å²) in [6, 6.07) is 6.86. The maximum absolute atomic E-state index is 10.2. The topological polar surface area (TPSA) is 58.9 Å². The molecule has 0 saturated carbocycles. The second kappa shape index (κ2) is 4.47. The predicted molar refractivity (Wildman–Crippen MR) is 55.4 cm³/mol. The van der Waals surface area contributed by atoms with E-state index in [1.807, 2.05) is 0 Å². The summed E-state index contributed by atoms with van der Waals surface area (Å²) in [5, 5.41) is 0. The molecule has 0 aliphatic heterocycles. The fourth-order valence-corrected chi connectivity index (χ4v) is 1.18. The molecular weight excluding hydrogens is 192 g/mol. The molecule has 4 heteroatoms. The Morgan fingerprint density at radius 1 is 1.07 bits per heavy atom. The molecule has 0 aliphatic rings. The zero-order chi connectivity index (χ0) is 11.3. The molecule has 0 atom stereocenters. The fraction of sp³-hybridized carbons (Fsp3) is 0.273. The van der Waals surface area contributed by atoms with Gasteiger partial charge < -0.3 is 0 Å². The maximum atomic E-state index is 10.2. The van der Waals surface area contributed by atoms with Crippen LogP contribution in [0.4, 0.5) is 5.69 Å². The fourth-order valence-electron chi connectivity index (χ4n) is 1.18. The van der Waals surface area contributed by atoms with E-state index in [0.717, 1.165) is 5.56 Å². The number of isocyanates is 2. The van der Waals surface area contributed by atoms with E-state index in [4.69, 9.17) is 0 Å². The number of hydrogen-bond donors (Lipinski definition) is 0. The highest BCUT2D eigenvalue weighted by Gasteiger charge is 2.18. The molecule has 0 fully saturated rings. The van der Waals surface area contributed by atoms with Gasteiger partial charge in [-0.1, -0.05) is 12.1 Å². The third-order valence-electron chi connectivity index (χ3n) is 2.07. The van der Waals surface area contributed by atoms with E-state index in [9.17, 15) is 9.59 Å². The lowest BCUT2D eigenvalue weighted by Crippen LogP contribution is -2.12. The summed E-state index contributed by atoms with van der Waals surface area (Å²) in [6.45, 7) is 3.60. The van der Waals surface area contributed by atoms with Crippen molar-refractivity contribution in [2.24, 2.45) is 9.98 Å². The van der Waals surface area contributed by atoms with E-state index in [-0.39, 0.29) is 0 Å². The van der Waals surface area contributed by atoms with Crippen LogP contribution in [0, 0.1) is 0 Å². The summed E-state index contributed by atoms with van der Waals surface area (Å²) in [5.41, 5.74) is 0.779. The van der Waals surface area contributed by atoms with Gasteiger partial charge in [-0.3, -0.25) is 0 Å². The highest BCUT2D eigenvalue weighted by atomic mass is 16.1. The van der Waals surface area contributed by atoms with Gasteiger partial charge in [0.25, 0.3) is 0 Å². The van der Waals surface area contributed by atoms with Gasteiger partial charge in [0.15, 0.2) is 0 Å². The first kappa shape index (κ1) is 11.1. The van der Waals surface area contributed by atoms with E-state index < -0.39 is 5.54 Å². The molecular formula is C11H10N2O2. The normalized spacial score (nSPS) is 10.0. The van der Waals surface area contributed by atoms with Crippen molar-refractivity contribution >= 4 is 17.8 Å². The Labute approximate surface area is 87.4 Å². The van der Waals surface area contributed by atoms with Gasteiger partial charge in [0, 0.05) is 0 Å². The lowest BCUT2D eigenvalue weighted by molar-refractivity contribution is 0.523. The molecule has 1 aromatic carbocycles. The Kier molecular flexibility index (Phi) is 3.29. The van der Waals surface area contributed by atoms with Crippen molar-refractivity contribution in [2.45, 2.75) is 19.4 Å². The minimum atomic E-state index is -0.606. The van der Waals surface area contributed by atoms with Crippen LogP contribution < -0.4 is 0 Å². The first-order valence-corrected chi connectivity index (χ1v) is 4.37. The quantitative estimate of drug-likeness (QED) is 0.557. The molecule has 1 rings (SSSR count). The first-order chi connectivity index (χ1) is 7.10. The van der Waals surface area contributed by atoms with Crippen LogP contribution in [0.5, 0.6) is 0 Å². The van der Waals surface area contributed by atoms with Gasteiger partial charge in [-0.25, -0.2) is 9.59 Å². The van der Waals surface area contributed by atoms with Crippen molar-refractivity contribution in [1.29, 1.82) is 0 Å². The molecule has 15 heavy (non-hydrogen) atoms. The van der Waals surface area contributed by atoms with Crippen LogP contribution in [0.2, 0.25) is 0 Å². The molecule has 0 N–H and O–H groups in total. The van der Waals surface area contributed by atoms with Crippen LogP contribution in [0.25, 0.3) is 0 Å². The first-order valence-electron chi connectivity index (χ1n) is 4.37. The molecule has 0 aliphatic carbocycles. The van der Waals surface area contributed by atoms with Crippen molar-refractivity contribution < 1.29 is 9.59 Å². The van der Waals surface area contributed by atoms with Crippen molar-refractivity contribution in [1.82, 2.24) is 0 Å². The largest absolute Gasteiger partial charge is 0.240 e. The van der Waals surface area contributed by atoms with Gasteiger partial charge in [0.2, 0.25) is 12.2 Å². The minimum absolute atomic E-state index is 0.527. The Morgan fingerprint density at radius 3 is 2.13 bits per heavy atom. The standard InChI is InChI=1S/C11H10N2O2/c1-11(2,13-8-15)9-3-5-10(6-4-9)12-7-14/h3-6H,1-2H3. The average molecular weight is 202 g/mol. The summed E-state index contributed by atoms with van der Waals surface area (Å²) >= 11 is 0. The average Bonchev–Trinajstić information content (AvgIpc) is 2.19. The number of benzene rings is 1. The Bertz CT molecular complexity index is 436. The molecule has 0 saturated heterocycles. The monoisotopic (exact) mass is 202 g/mol. The minimum Gasteiger partial charge on any atom is -0.211 e. The molecule has 76 valence electrons. The number of nitrogens with zero attached hydrogens (tertiary/aromatic N) is 2. The zero-order valence-corrected chi connectivity index (χ0v) is 8.52. The van der Waals surface area contributed by atoms with Crippen LogP contribution in [0.1, 0.15) is 19.4 Å². The van der Waals surface area contributed by atoms with Crippen molar-refractivity contribution in [3.63, 3.8) is 0 Å². The van der Waals surface area contributed by atoms with Crippen molar-refractivity contribution in [3.05, 3.63) is 29.8 Å². The second-order valence-corrected chi connectivity index (χ2v) is 3.51. The van der Waals surface area contributed by atoms with E-state index in [0.29, 0.717) is 5.69 Å². The van der Waals surface area contributed by atoms with Gasteiger partial charge in [-0.05, 0) is 31.5 Å². The molecule has 0 heterocycles. The van der Waals surface area contributed by atoms with Crippen molar-refractivity contribution in [3.8, 4) is 0 Å². The number of aliphatic imine (C=N–C) groups is 2. The number of carbonyl (C=O) groups excluding carboxylic acids is 2. The molecule has 0 spiro atoms. The SMILES string of the molecule is CC(C)(N=C=O)c1ccc(N=C=O)cc1. The highest BCUT2D eigenvalue weighted by Crippen LogP contribution is 2.25. The maximum Gasteiger partial charge on any atom is 0.240 e. The van der Waals surface area contributed by atoms with Gasteiger partial charge in [0.1, 0.15) is 0 Å². The lowest BCUT2D eigenvalue weighted by atomic mass is 9.95. The van der Waals surface area contributed by atoms with E-state index in [1.54, 1.807) is 38.1 Å². The smallest absolute Gasteiger partial charge is 0.211 e. The van der Waals surface area contributed by atoms with Gasteiger partial charge in [0.05, 0.1) is 11.2 Å². The Morgan fingerprint density at radius 2 is 1.67 bits per heavy atom. The van der Waals surface area contributed by atoms with Gasteiger partial charge in [-0.15, -0.1) is 0 Å². The molecule has 0 amide bonds. The van der Waals surface area contributed by atoms with Crippen LogP contribution in [-0.2, 0) is 15.1 Å². The van der Waals surface area contributed by atoms with E-state index in [1.165, 1.54) is 12.2 Å². The van der Waals surface area contributed by atoms with Gasteiger partial charge >= 0.3 is 0 Å². The molecule has 0 bridgehead atoms. The summed E-state index contributed by atoms with van der Waals surface area (Å²) in [7, 11) is 0. The summed E-state index contributed by atoms with van der Waals surface area (Å²) in [5.74, 6) is 0. The summed E-state index contributed by atoms with van der Waals surface area (Å²) in [6.07, 6.45) is 2.99. The predicted octanol–water partition coefficient (Wildman–Crippen LogP) is 2.22. The third kappa shape index (κ3) is 2.71. The molecule has 0 unspecified atom stereocenters. The van der Waals surface area contributed by atoms with E-state index in [2.05, 4.69) is 9.98 Å². The zero-order valence-electron chi connectivity index (χ0n) is 8.52. The molecule has 4 nitrogen and oxygen atoms in total. The van der Waals surface area contributed by atoms with E-state index >= 15 is 0 Å². The van der Waals surface area contributed by atoms with Crippen LogP contribution in [0.15, 0.2) is 34.3 Å². The molecule has 1 aromatic rings. The summed E-state index contributed by atoms with van der Waals surface area (Å²) in [4.78, 5) is 27.4. The highest BCUT2D eigenvalue weighted by molar-refractivity contribution is 5.50. The van der Waals surface area contributed by atoms with Crippen LogP contribution in [-0.4, -0.2) is 12.2 Å². The van der Waals surface area contributed by atoms with Crippen LogP contribution in [0.3, 0.4) is 0 Å². The molecule has 0 radical (unpaired) electrons. The van der Waals surface area contributed by atoms with Crippen LogP contribution >= 0.6 is 0 Å². The second-order valence-electron chi connectivity index (χ2n) is 3.51. The Hall–Kier alpha value is -2.02. The third-order valence-corrected chi connectivity index (χ3v) is 2.07. The van der Waals surface area contributed by atoms with Crippen molar-refractivity contribution in [2.75, 3.05) is 0 Å². The van der Waals surface area contributed by atoms with Gasteiger partial charge in [-0.2, -0.15) is 9.98 Å². The Balaban J connectivity index is 3.08. The summed E-state index contributed by atoms with van der Waals surface area (Å²) < 4.78 is 0. The number of rotatable bonds is 3. The number of hydrogen-bond acceptors (Lipinski definition) is 4. The lowest BCUT2D eigenvalue weighted by Gasteiger charge is -2.17.